The summed E-state index contributed by atoms with van der Waals surface area (Å²) in [6.07, 6.45) is 0. The topological polar surface area (TPSA) is 72.5 Å². The Balaban J connectivity index is 2.36. The predicted molar refractivity (Wildman–Crippen MR) is 81.8 cm³/mol. The fraction of sp³-hybridized carbons (Fsp3) is 0.462. The van der Waals surface area contributed by atoms with Crippen molar-refractivity contribution in [1.29, 1.82) is 0 Å². The lowest BCUT2D eigenvalue weighted by molar-refractivity contribution is -0.139. The maximum absolute atomic E-state index is 10.9. The minimum absolute atomic E-state index is 0.511. The first kappa shape index (κ1) is 16.3. The molecule has 0 radical (unpaired) electrons. The third-order valence-corrected chi connectivity index (χ3v) is 4.50. The Morgan fingerprint density at radius 3 is 2.84 bits per heavy atom. The lowest BCUT2D eigenvalue weighted by Crippen LogP contribution is -2.47. The van der Waals surface area contributed by atoms with E-state index in [1.54, 1.807) is 0 Å². The van der Waals surface area contributed by atoms with Crippen LogP contribution in [0.3, 0.4) is 0 Å². The van der Waals surface area contributed by atoms with Gasteiger partial charge in [0.15, 0.2) is 0 Å². The van der Waals surface area contributed by atoms with E-state index >= 15 is 0 Å². The van der Waals surface area contributed by atoms with Crippen molar-refractivity contribution in [2.24, 2.45) is 5.73 Å². The van der Waals surface area contributed by atoms with Crippen molar-refractivity contribution in [3.63, 3.8) is 0 Å². The molecule has 0 saturated heterocycles. The van der Waals surface area contributed by atoms with Gasteiger partial charge in [-0.15, -0.1) is 11.8 Å². The molecule has 1 aromatic carbocycles. The summed E-state index contributed by atoms with van der Waals surface area (Å²) in [5.74, 6) is 0.487. The molecule has 0 aliphatic heterocycles. The molecule has 0 aromatic heterocycles. The molecule has 1 rings (SSSR count). The van der Waals surface area contributed by atoms with Gasteiger partial charge < -0.3 is 15.6 Å². The zero-order chi connectivity index (χ0) is 14.5. The Morgan fingerprint density at radius 2 is 2.26 bits per heavy atom. The highest BCUT2D eigenvalue weighted by molar-refractivity contribution is 9.10. The van der Waals surface area contributed by atoms with E-state index in [4.69, 9.17) is 15.6 Å². The van der Waals surface area contributed by atoms with Crippen LogP contribution in [0.25, 0.3) is 0 Å². The molecule has 0 amide bonds. The summed E-state index contributed by atoms with van der Waals surface area (Å²) in [4.78, 5) is 10.9. The lowest BCUT2D eigenvalue weighted by atomic mass is 10.1. The number of carboxylic acid groups (broad SMARTS) is 1. The number of benzene rings is 1. The van der Waals surface area contributed by atoms with Gasteiger partial charge in [0.25, 0.3) is 0 Å². The summed E-state index contributed by atoms with van der Waals surface area (Å²) in [7, 11) is 0. The van der Waals surface area contributed by atoms with Crippen LogP contribution in [0.15, 0.2) is 28.7 Å². The van der Waals surface area contributed by atoms with Gasteiger partial charge >= 0.3 is 5.97 Å². The summed E-state index contributed by atoms with van der Waals surface area (Å²) in [6.45, 7) is 4.17. The highest BCUT2D eigenvalue weighted by atomic mass is 79.9. The molecular formula is C13H18BrNO3S. The zero-order valence-electron chi connectivity index (χ0n) is 10.9. The molecule has 3 N–H and O–H groups in total. The van der Waals surface area contributed by atoms with E-state index in [-0.39, 0.29) is 0 Å². The molecule has 0 saturated carbocycles. The smallest absolute Gasteiger partial charge is 0.321 e. The highest BCUT2D eigenvalue weighted by Gasteiger charge is 2.32. The number of aliphatic carboxylic acids is 1. The van der Waals surface area contributed by atoms with Crippen molar-refractivity contribution >= 4 is 33.7 Å². The molecule has 0 unspecified atom stereocenters. The van der Waals surface area contributed by atoms with Gasteiger partial charge in [-0.3, -0.25) is 4.79 Å². The van der Waals surface area contributed by atoms with Crippen LogP contribution < -0.4 is 10.5 Å². The van der Waals surface area contributed by atoms with Gasteiger partial charge in [0, 0.05) is 15.0 Å². The van der Waals surface area contributed by atoms with E-state index in [2.05, 4.69) is 15.9 Å². The first-order valence-electron chi connectivity index (χ1n) is 5.83. The molecule has 1 aromatic rings. The third-order valence-electron chi connectivity index (χ3n) is 2.64. The maximum Gasteiger partial charge on any atom is 0.321 e. The quantitative estimate of drug-likeness (QED) is 0.742. The van der Waals surface area contributed by atoms with Crippen LogP contribution in [0.4, 0.5) is 0 Å². The van der Waals surface area contributed by atoms with Gasteiger partial charge in [-0.05, 0) is 32.0 Å². The first-order chi connectivity index (χ1) is 8.83. The molecule has 0 aliphatic rings. The Bertz CT molecular complexity index is 440. The minimum atomic E-state index is -0.981. The number of thioether (sulfide) groups is 1. The van der Waals surface area contributed by atoms with Gasteiger partial charge in [0.2, 0.25) is 0 Å². The van der Waals surface area contributed by atoms with E-state index in [9.17, 15) is 4.79 Å². The molecule has 0 spiro atoms. The van der Waals surface area contributed by atoms with E-state index < -0.39 is 16.8 Å². The zero-order valence-corrected chi connectivity index (χ0v) is 13.3. The van der Waals surface area contributed by atoms with Crippen LogP contribution in [0.2, 0.25) is 0 Å². The lowest BCUT2D eigenvalue weighted by Gasteiger charge is -2.27. The summed E-state index contributed by atoms with van der Waals surface area (Å²) < 4.78 is 6.03. The SMILES string of the molecule is CC(C)(SCCOc1cccc(Br)c1)[C@@H](N)C(=O)O. The third kappa shape index (κ3) is 5.42. The summed E-state index contributed by atoms with van der Waals surface area (Å²) >= 11 is 4.87. The van der Waals surface area contributed by atoms with Crippen molar-refractivity contribution in [3.8, 4) is 5.75 Å². The second-order valence-corrected chi connectivity index (χ2v) is 7.24. The number of carbonyl (C=O) groups is 1. The van der Waals surface area contributed by atoms with Crippen LogP contribution >= 0.6 is 27.7 Å². The Morgan fingerprint density at radius 1 is 1.58 bits per heavy atom. The molecule has 4 nitrogen and oxygen atoms in total. The number of rotatable bonds is 7. The van der Waals surface area contributed by atoms with E-state index in [1.807, 2.05) is 38.1 Å². The van der Waals surface area contributed by atoms with E-state index in [1.165, 1.54) is 11.8 Å². The molecule has 19 heavy (non-hydrogen) atoms. The number of ether oxygens (including phenoxy) is 1. The molecular weight excluding hydrogens is 330 g/mol. The number of carboxylic acids is 1. The average molecular weight is 348 g/mol. The molecule has 106 valence electrons. The largest absolute Gasteiger partial charge is 0.493 e. The fourth-order valence-corrected chi connectivity index (χ4v) is 2.76. The van der Waals surface area contributed by atoms with Gasteiger partial charge in [-0.2, -0.15) is 0 Å². The molecule has 1 atom stereocenters. The van der Waals surface area contributed by atoms with Crippen LogP contribution in [-0.2, 0) is 4.79 Å². The van der Waals surface area contributed by atoms with Crippen molar-refractivity contribution in [3.05, 3.63) is 28.7 Å². The van der Waals surface area contributed by atoms with Gasteiger partial charge in [0.1, 0.15) is 11.8 Å². The summed E-state index contributed by atoms with van der Waals surface area (Å²) in [5, 5.41) is 8.91. The van der Waals surface area contributed by atoms with Crippen molar-refractivity contribution in [1.82, 2.24) is 0 Å². The Labute approximate surface area is 125 Å². The summed E-state index contributed by atoms with van der Waals surface area (Å²) in [6, 6.07) is 6.71. The Hall–Kier alpha value is -0.720. The van der Waals surface area contributed by atoms with Crippen LogP contribution in [0.1, 0.15) is 13.8 Å². The molecule has 0 heterocycles. The molecule has 0 aliphatic carbocycles. The first-order valence-corrected chi connectivity index (χ1v) is 7.61. The monoisotopic (exact) mass is 347 g/mol. The normalized spacial score (nSPS) is 13.1. The molecule has 0 bridgehead atoms. The highest BCUT2D eigenvalue weighted by Crippen LogP contribution is 2.27. The van der Waals surface area contributed by atoms with Gasteiger partial charge in [-0.1, -0.05) is 22.0 Å². The molecule has 0 fully saturated rings. The van der Waals surface area contributed by atoms with E-state index in [0.717, 1.165) is 10.2 Å². The van der Waals surface area contributed by atoms with Crippen molar-refractivity contribution in [2.75, 3.05) is 12.4 Å². The van der Waals surface area contributed by atoms with Crippen molar-refractivity contribution in [2.45, 2.75) is 24.6 Å². The maximum atomic E-state index is 10.9. The van der Waals surface area contributed by atoms with Crippen LogP contribution in [-0.4, -0.2) is 34.2 Å². The number of hydrogen-bond donors (Lipinski definition) is 2. The Kier molecular flexibility index (Phi) is 6.16. The number of hydrogen-bond acceptors (Lipinski definition) is 4. The average Bonchev–Trinajstić information content (AvgIpc) is 2.33. The van der Waals surface area contributed by atoms with Crippen LogP contribution in [0, 0.1) is 0 Å². The summed E-state index contributed by atoms with van der Waals surface area (Å²) in [5.41, 5.74) is 5.64. The number of halogens is 1. The molecule has 6 heteroatoms. The minimum Gasteiger partial charge on any atom is -0.493 e. The second-order valence-electron chi connectivity index (χ2n) is 4.57. The van der Waals surface area contributed by atoms with Gasteiger partial charge in [0.05, 0.1) is 6.61 Å². The fourth-order valence-electron chi connectivity index (χ4n) is 1.41. The van der Waals surface area contributed by atoms with E-state index in [0.29, 0.717) is 12.4 Å². The van der Waals surface area contributed by atoms with Gasteiger partial charge in [-0.25, -0.2) is 0 Å². The standard InChI is InChI=1S/C13H18BrNO3S/c1-13(2,11(15)12(16)17)19-7-6-18-10-5-3-4-9(14)8-10/h3-5,8,11H,6-7,15H2,1-2H3,(H,16,17)/t11-/m0/s1. The van der Waals surface area contributed by atoms with Crippen molar-refractivity contribution < 1.29 is 14.6 Å². The number of nitrogens with two attached hydrogens (primary N) is 1. The predicted octanol–water partition coefficient (Wildman–Crippen LogP) is 2.75. The van der Waals surface area contributed by atoms with Crippen LogP contribution in [0.5, 0.6) is 5.75 Å². The second kappa shape index (κ2) is 7.17.